The van der Waals surface area contributed by atoms with E-state index in [9.17, 15) is 4.79 Å². The van der Waals surface area contributed by atoms with E-state index in [0.717, 1.165) is 5.56 Å². The topological polar surface area (TPSA) is 41.1 Å². The van der Waals surface area contributed by atoms with Crippen molar-refractivity contribution in [2.75, 3.05) is 6.54 Å². The molecule has 0 spiro atoms. The predicted octanol–water partition coefficient (Wildman–Crippen LogP) is 2.88. The van der Waals surface area contributed by atoms with Crippen LogP contribution in [0.1, 0.15) is 37.7 Å². The molecule has 1 aromatic carbocycles. The molecule has 1 fully saturated rings. The molecule has 0 atom stereocenters. The van der Waals surface area contributed by atoms with E-state index in [1.807, 2.05) is 24.3 Å². The molecule has 0 radical (unpaired) electrons. The monoisotopic (exact) mass is 280 g/mol. The molecule has 1 saturated carbocycles. The third-order valence-corrected chi connectivity index (χ3v) is 3.81. The molecule has 1 aliphatic rings. The molecule has 0 unspecified atom stereocenters. The lowest BCUT2D eigenvalue weighted by Gasteiger charge is -2.22. The molecule has 0 aromatic heterocycles. The van der Waals surface area contributed by atoms with Crippen LogP contribution in [0.4, 0.5) is 0 Å². The first kappa shape index (κ1) is 14.4. The van der Waals surface area contributed by atoms with Crippen LogP contribution in [0.2, 0.25) is 5.02 Å². The Morgan fingerprint density at radius 1 is 1.16 bits per heavy atom. The Bertz CT molecular complexity index is 399. The summed E-state index contributed by atoms with van der Waals surface area (Å²) in [6.07, 6.45) is 6.30. The van der Waals surface area contributed by atoms with Crippen molar-refractivity contribution in [2.45, 2.75) is 44.7 Å². The Morgan fingerprint density at radius 3 is 2.53 bits per heavy atom. The van der Waals surface area contributed by atoms with Crippen LogP contribution in [0, 0.1) is 0 Å². The fraction of sp³-hybridized carbons (Fsp3) is 0.533. The highest BCUT2D eigenvalue weighted by atomic mass is 35.5. The Kier molecular flexibility index (Phi) is 5.67. The van der Waals surface area contributed by atoms with Gasteiger partial charge in [-0.2, -0.15) is 0 Å². The largest absolute Gasteiger partial charge is 0.351 e. The molecule has 104 valence electrons. The zero-order chi connectivity index (χ0) is 13.5. The van der Waals surface area contributed by atoms with Crippen LogP contribution in [0.3, 0.4) is 0 Å². The Hall–Kier alpha value is -1.06. The molecule has 1 amide bonds. The van der Waals surface area contributed by atoms with E-state index in [4.69, 9.17) is 11.6 Å². The summed E-state index contributed by atoms with van der Waals surface area (Å²) < 4.78 is 0. The second-order valence-corrected chi connectivity index (χ2v) is 5.56. The van der Waals surface area contributed by atoms with Gasteiger partial charge >= 0.3 is 0 Å². The molecule has 0 aliphatic heterocycles. The van der Waals surface area contributed by atoms with E-state index in [2.05, 4.69) is 10.6 Å². The fourth-order valence-corrected chi connectivity index (χ4v) is 2.54. The summed E-state index contributed by atoms with van der Waals surface area (Å²) in [5, 5.41) is 6.96. The number of hydrogen-bond donors (Lipinski definition) is 2. The molecular weight excluding hydrogens is 260 g/mol. The van der Waals surface area contributed by atoms with E-state index in [-0.39, 0.29) is 5.91 Å². The summed E-state index contributed by atoms with van der Waals surface area (Å²) in [4.78, 5) is 11.7. The minimum Gasteiger partial charge on any atom is -0.351 e. The maximum absolute atomic E-state index is 11.7. The minimum absolute atomic E-state index is 0.0560. The van der Waals surface area contributed by atoms with Gasteiger partial charge in [0, 0.05) is 17.6 Å². The third kappa shape index (κ3) is 5.21. The van der Waals surface area contributed by atoms with Gasteiger partial charge in [0.1, 0.15) is 0 Å². The predicted molar refractivity (Wildman–Crippen MR) is 78.2 cm³/mol. The van der Waals surface area contributed by atoms with Crippen LogP contribution >= 0.6 is 11.6 Å². The van der Waals surface area contributed by atoms with E-state index >= 15 is 0 Å². The van der Waals surface area contributed by atoms with Crippen molar-refractivity contribution in [3.63, 3.8) is 0 Å². The zero-order valence-electron chi connectivity index (χ0n) is 11.1. The van der Waals surface area contributed by atoms with E-state index in [1.165, 1.54) is 32.1 Å². The maximum atomic E-state index is 11.7. The first-order valence-corrected chi connectivity index (χ1v) is 7.36. The van der Waals surface area contributed by atoms with Crippen molar-refractivity contribution in [3.05, 3.63) is 34.9 Å². The van der Waals surface area contributed by atoms with E-state index in [1.54, 1.807) is 0 Å². The van der Waals surface area contributed by atoms with Gasteiger partial charge in [-0.25, -0.2) is 0 Å². The fourth-order valence-electron chi connectivity index (χ4n) is 2.41. The van der Waals surface area contributed by atoms with E-state index in [0.29, 0.717) is 24.2 Å². The van der Waals surface area contributed by atoms with Crippen LogP contribution in [0.15, 0.2) is 24.3 Å². The first-order valence-electron chi connectivity index (χ1n) is 6.98. The summed E-state index contributed by atoms with van der Waals surface area (Å²) >= 11 is 5.81. The smallest absolute Gasteiger partial charge is 0.234 e. The van der Waals surface area contributed by atoms with Gasteiger partial charge in [0.25, 0.3) is 0 Å². The number of carbonyl (C=O) groups excluding carboxylic acids is 1. The van der Waals surface area contributed by atoms with Gasteiger partial charge in [-0.1, -0.05) is 43.0 Å². The van der Waals surface area contributed by atoms with Crippen LogP contribution in [-0.4, -0.2) is 18.5 Å². The quantitative estimate of drug-likeness (QED) is 0.871. The minimum atomic E-state index is 0.0560. The summed E-state index contributed by atoms with van der Waals surface area (Å²) in [6.45, 7) is 0.973. The highest BCUT2D eigenvalue weighted by molar-refractivity contribution is 6.30. The van der Waals surface area contributed by atoms with Gasteiger partial charge in [-0.05, 0) is 30.5 Å². The van der Waals surface area contributed by atoms with Gasteiger partial charge in [-0.15, -0.1) is 0 Å². The standard InChI is InChI=1S/C15H21ClN2O/c16-13-8-6-12(7-9-13)10-18-15(19)11-17-14-4-2-1-3-5-14/h6-9,14,17H,1-5,10-11H2,(H,18,19). The number of hydrogen-bond acceptors (Lipinski definition) is 2. The Labute approximate surface area is 119 Å². The number of benzene rings is 1. The van der Waals surface area contributed by atoms with Gasteiger partial charge in [0.2, 0.25) is 5.91 Å². The SMILES string of the molecule is O=C(CNC1CCCCC1)NCc1ccc(Cl)cc1. The van der Waals surface area contributed by atoms with Crippen LogP contribution < -0.4 is 10.6 Å². The lowest BCUT2D eigenvalue weighted by Crippen LogP contribution is -2.39. The van der Waals surface area contributed by atoms with Crippen molar-refractivity contribution in [3.8, 4) is 0 Å². The van der Waals surface area contributed by atoms with Crippen molar-refractivity contribution < 1.29 is 4.79 Å². The molecule has 0 saturated heterocycles. The summed E-state index contributed by atoms with van der Waals surface area (Å²) in [7, 11) is 0. The lowest BCUT2D eigenvalue weighted by atomic mass is 9.95. The third-order valence-electron chi connectivity index (χ3n) is 3.56. The van der Waals surface area contributed by atoms with Gasteiger partial charge in [0.15, 0.2) is 0 Å². The second-order valence-electron chi connectivity index (χ2n) is 5.12. The van der Waals surface area contributed by atoms with Crippen LogP contribution in [0.5, 0.6) is 0 Å². The first-order chi connectivity index (χ1) is 9.24. The molecule has 1 aliphatic carbocycles. The van der Waals surface area contributed by atoms with Gasteiger partial charge in [0.05, 0.1) is 6.54 Å². The second kappa shape index (κ2) is 7.51. The number of carbonyl (C=O) groups is 1. The highest BCUT2D eigenvalue weighted by Gasteiger charge is 2.13. The molecule has 0 bridgehead atoms. The van der Waals surface area contributed by atoms with Gasteiger partial charge < -0.3 is 10.6 Å². The summed E-state index contributed by atoms with van der Waals surface area (Å²) in [5.74, 6) is 0.0560. The molecule has 1 aromatic rings. The zero-order valence-corrected chi connectivity index (χ0v) is 11.9. The molecular formula is C15H21ClN2O. The maximum Gasteiger partial charge on any atom is 0.234 e. The lowest BCUT2D eigenvalue weighted by molar-refractivity contribution is -0.120. The van der Waals surface area contributed by atoms with Crippen LogP contribution in [0.25, 0.3) is 0 Å². The molecule has 3 nitrogen and oxygen atoms in total. The highest BCUT2D eigenvalue weighted by Crippen LogP contribution is 2.16. The Balaban J connectivity index is 1.65. The van der Waals surface area contributed by atoms with Crippen molar-refractivity contribution in [1.82, 2.24) is 10.6 Å². The van der Waals surface area contributed by atoms with Crippen LogP contribution in [-0.2, 0) is 11.3 Å². The molecule has 0 heterocycles. The average Bonchev–Trinajstić information content (AvgIpc) is 2.45. The molecule has 19 heavy (non-hydrogen) atoms. The van der Waals surface area contributed by atoms with Crippen molar-refractivity contribution in [1.29, 1.82) is 0 Å². The van der Waals surface area contributed by atoms with Crippen molar-refractivity contribution in [2.24, 2.45) is 0 Å². The summed E-state index contributed by atoms with van der Waals surface area (Å²) in [6, 6.07) is 8.05. The van der Waals surface area contributed by atoms with E-state index < -0.39 is 0 Å². The Morgan fingerprint density at radius 2 is 1.84 bits per heavy atom. The molecule has 4 heteroatoms. The summed E-state index contributed by atoms with van der Waals surface area (Å²) in [5.41, 5.74) is 1.07. The number of amides is 1. The molecule has 2 rings (SSSR count). The number of rotatable bonds is 5. The normalized spacial score (nSPS) is 16.3. The number of halogens is 1. The van der Waals surface area contributed by atoms with Gasteiger partial charge in [-0.3, -0.25) is 4.79 Å². The number of nitrogens with one attached hydrogen (secondary N) is 2. The average molecular weight is 281 g/mol. The molecule has 2 N–H and O–H groups in total. The van der Waals surface area contributed by atoms with Crippen molar-refractivity contribution >= 4 is 17.5 Å².